The molecule has 0 N–H and O–H groups in total. The minimum Gasteiger partial charge on any atom is -0.293 e. The Bertz CT molecular complexity index is 1910. The van der Waals surface area contributed by atoms with E-state index in [1.807, 2.05) is 42.5 Å². The van der Waals surface area contributed by atoms with Gasteiger partial charge in [-0.1, -0.05) is 97.9 Å². The maximum atomic E-state index is 14.1. The fraction of sp³-hybridized carbons (Fsp3) is 0.0588. The van der Waals surface area contributed by atoms with Crippen LogP contribution >= 0.6 is 0 Å². The summed E-state index contributed by atoms with van der Waals surface area (Å²) in [6.45, 7) is 1.77. The number of ketones is 4. The maximum absolute atomic E-state index is 14.1. The summed E-state index contributed by atoms with van der Waals surface area (Å²) in [5.74, 6) is -1.38. The molecule has 0 aromatic heterocycles. The Labute approximate surface area is 218 Å². The summed E-state index contributed by atoms with van der Waals surface area (Å²) in [5.41, 5.74) is 5.38. The van der Waals surface area contributed by atoms with Gasteiger partial charge in [-0.15, -0.1) is 0 Å². The molecule has 4 heteroatoms. The van der Waals surface area contributed by atoms with Gasteiger partial charge >= 0.3 is 0 Å². The highest BCUT2D eigenvalue weighted by molar-refractivity contribution is 6.30. The first kappa shape index (κ1) is 22.3. The zero-order valence-corrected chi connectivity index (χ0v) is 20.4. The number of carbonyl (C=O) groups excluding carboxylic acids is 4. The van der Waals surface area contributed by atoms with Gasteiger partial charge in [0.1, 0.15) is 0 Å². The number of rotatable bonds is 3. The Kier molecular flexibility index (Phi) is 4.70. The van der Waals surface area contributed by atoms with E-state index in [4.69, 9.17) is 0 Å². The Hall–Kier alpha value is -4.96. The third-order valence-corrected chi connectivity index (χ3v) is 7.86. The van der Waals surface area contributed by atoms with Gasteiger partial charge in [-0.25, -0.2) is 0 Å². The van der Waals surface area contributed by atoms with E-state index >= 15 is 0 Å². The Morgan fingerprint density at radius 3 is 1.82 bits per heavy atom. The van der Waals surface area contributed by atoms with E-state index in [0.29, 0.717) is 49.9 Å². The molecular formula is C34H20O4. The first-order valence-electron chi connectivity index (χ1n) is 12.5. The van der Waals surface area contributed by atoms with Crippen molar-refractivity contribution in [2.75, 3.05) is 0 Å². The lowest BCUT2D eigenvalue weighted by Gasteiger charge is -2.24. The smallest absolute Gasteiger partial charge is 0.194 e. The van der Waals surface area contributed by atoms with Gasteiger partial charge in [0.05, 0.1) is 0 Å². The molecule has 0 heterocycles. The van der Waals surface area contributed by atoms with Crippen molar-refractivity contribution >= 4 is 33.9 Å². The highest BCUT2D eigenvalue weighted by Crippen LogP contribution is 2.41. The average Bonchev–Trinajstić information content (AvgIpc) is 2.97. The molecule has 0 fully saturated rings. The minimum atomic E-state index is -0.685. The average molecular weight is 493 g/mol. The van der Waals surface area contributed by atoms with Crippen LogP contribution in [0.15, 0.2) is 97.1 Å². The SMILES string of the molecule is CC(C(=O)c1ccc2c3c(cccc13)-c1ccccc1C2=O)c1cccc2c1C(=O)c1ccccc1C2=O. The Balaban J connectivity index is 1.38. The summed E-state index contributed by atoms with van der Waals surface area (Å²) in [5, 5.41) is 1.47. The van der Waals surface area contributed by atoms with E-state index in [1.165, 1.54) is 0 Å². The standard InChI is InChI=1S/C34H20O4/c1-18(19-12-6-15-27-30(19)34(38)25-11-5-4-10-24(25)33(27)37)31(35)26-16-17-28-29-21(13-7-14-22(26)29)20-8-2-3-9-23(20)32(28)36/h2-18H,1H3. The van der Waals surface area contributed by atoms with Crippen LogP contribution < -0.4 is 0 Å². The molecule has 0 aliphatic heterocycles. The summed E-state index contributed by atoms with van der Waals surface area (Å²) in [7, 11) is 0. The van der Waals surface area contributed by atoms with E-state index in [0.717, 1.165) is 16.5 Å². The molecule has 0 saturated heterocycles. The predicted octanol–water partition coefficient (Wildman–Crippen LogP) is 6.81. The maximum Gasteiger partial charge on any atom is 0.194 e. The quantitative estimate of drug-likeness (QED) is 0.254. The summed E-state index contributed by atoms with van der Waals surface area (Å²) in [6.07, 6.45) is 0. The molecule has 4 nitrogen and oxygen atoms in total. The van der Waals surface area contributed by atoms with Crippen LogP contribution in [-0.2, 0) is 0 Å². The van der Waals surface area contributed by atoms with Crippen molar-refractivity contribution in [2.24, 2.45) is 0 Å². The van der Waals surface area contributed by atoms with Gasteiger partial charge in [0.25, 0.3) is 0 Å². The van der Waals surface area contributed by atoms with Crippen molar-refractivity contribution in [1.29, 1.82) is 0 Å². The summed E-state index contributed by atoms with van der Waals surface area (Å²) in [6, 6.07) is 28.6. The fourth-order valence-electron chi connectivity index (χ4n) is 6.00. The Morgan fingerprint density at radius 1 is 0.526 bits per heavy atom. The number of Topliss-reactive ketones (excluding diaryl/α,β-unsaturated/α-hetero) is 1. The molecule has 0 radical (unpaired) electrons. The second-order valence-electron chi connectivity index (χ2n) is 9.82. The number of carbonyl (C=O) groups is 4. The topological polar surface area (TPSA) is 68.3 Å². The summed E-state index contributed by atoms with van der Waals surface area (Å²) in [4.78, 5) is 54.1. The fourth-order valence-corrected chi connectivity index (χ4v) is 6.00. The van der Waals surface area contributed by atoms with Gasteiger partial charge in [0.15, 0.2) is 23.1 Å². The van der Waals surface area contributed by atoms with E-state index in [1.54, 1.807) is 61.5 Å². The molecule has 0 saturated carbocycles. The van der Waals surface area contributed by atoms with Crippen LogP contribution in [0.5, 0.6) is 0 Å². The molecule has 1 atom stereocenters. The third kappa shape index (κ3) is 2.91. The highest BCUT2D eigenvalue weighted by atomic mass is 16.1. The van der Waals surface area contributed by atoms with Crippen LogP contribution in [0.25, 0.3) is 21.9 Å². The van der Waals surface area contributed by atoms with Gasteiger partial charge in [-0.2, -0.15) is 0 Å². The normalized spacial score (nSPS) is 14.1. The van der Waals surface area contributed by atoms with Crippen molar-refractivity contribution in [3.63, 3.8) is 0 Å². The van der Waals surface area contributed by atoms with Crippen molar-refractivity contribution in [2.45, 2.75) is 12.8 Å². The lowest BCUT2D eigenvalue weighted by atomic mass is 9.77. The molecule has 2 aliphatic carbocycles. The second kappa shape index (κ2) is 8.02. The van der Waals surface area contributed by atoms with Gasteiger partial charge in [0, 0.05) is 50.2 Å². The molecule has 1 unspecified atom stereocenters. The lowest BCUT2D eigenvalue weighted by Crippen LogP contribution is -2.24. The van der Waals surface area contributed by atoms with Gasteiger partial charge in [0.2, 0.25) is 0 Å². The molecule has 0 bridgehead atoms. The highest BCUT2D eigenvalue weighted by Gasteiger charge is 2.34. The second-order valence-corrected chi connectivity index (χ2v) is 9.82. The molecular weight excluding hydrogens is 472 g/mol. The zero-order valence-electron chi connectivity index (χ0n) is 20.4. The number of hydrogen-bond donors (Lipinski definition) is 0. The molecule has 2 aliphatic rings. The van der Waals surface area contributed by atoms with Crippen molar-refractivity contribution < 1.29 is 19.2 Å². The monoisotopic (exact) mass is 492 g/mol. The first-order valence-corrected chi connectivity index (χ1v) is 12.5. The summed E-state index contributed by atoms with van der Waals surface area (Å²) >= 11 is 0. The molecule has 0 amide bonds. The van der Waals surface area contributed by atoms with Crippen LogP contribution in [0.2, 0.25) is 0 Å². The predicted molar refractivity (Wildman–Crippen MR) is 145 cm³/mol. The lowest BCUT2D eigenvalue weighted by molar-refractivity contribution is 0.0958. The third-order valence-electron chi connectivity index (χ3n) is 7.86. The number of benzene rings is 5. The van der Waals surface area contributed by atoms with E-state index in [2.05, 4.69) is 0 Å². The van der Waals surface area contributed by atoms with Crippen LogP contribution in [0.4, 0.5) is 0 Å². The summed E-state index contributed by atoms with van der Waals surface area (Å²) < 4.78 is 0. The van der Waals surface area contributed by atoms with Crippen molar-refractivity contribution in [1.82, 2.24) is 0 Å². The van der Waals surface area contributed by atoms with Crippen LogP contribution in [-0.4, -0.2) is 23.1 Å². The van der Waals surface area contributed by atoms with Gasteiger partial charge in [-0.3, -0.25) is 19.2 Å². The molecule has 0 spiro atoms. The molecule has 180 valence electrons. The molecule has 7 rings (SSSR count). The minimum absolute atomic E-state index is 0.0590. The van der Waals surface area contributed by atoms with Gasteiger partial charge in [-0.05, 0) is 28.1 Å². The largest absolute Gasteiger partial charge is 0.293 e. The molecule has 5 aromatic rings. The Morgan fingerprint density at radius 2 is 1.08 bits per heavy atom. The first-order chi connectivity index (χ1) is 18.5. The van der Waals surface area contributed by atoms with Crippen molar-refractivity contribution in [3.8, 4) is 11.1 Å². The molecule has 5 aromatic carbocycles. The van der Waals surface area contributed by atoms with Crippen LogP contribution in [0.1, 0.15) is 76.5 Å². The number of fused-ring (bicyclic) bond motifs is 4. The number of hydrogen-bond acceptors (Lipinski definition) is 4. The van der Waals surface area contributed by atoms with Crippen LogP contribution in [0, 0.1) is 0 Å². The van der Waals surface area contributed by atoms with E-state index in [9.17, 15) is 19.2 Å². The zero-order chi connectivity index (χ0) is 26.1. The van der Waals surface area contributed by atoms with Crippen molar-refractivity contribution in [3.05, 3.63) is 142 Å². The van der Waals surface area contributed by atoms with Crippen LogP contribution in [0.3, 0.4) is 0 Å². The molecule has 38 heavy (non-hydrogen) atoms. The van der Waals surface area contributed by atoms with E-state index < -0.39 is 5.92 Å². The van der Waals surface area contributed by atoms with E-state index in [-0.39, 0.29) is 23.1 Å². The van der Waals surface area contributed by atoms with Gasteiger partial charge < -0.3 is 0 Å².